The van der Waals surface area contributed by atoms with E-state index in [2.05, 4.69) is 22.9 Å². The molecule has 1 saturated carbocycles. The molecule has 0 unspecified atom stereocenters. The van der Waals surface area contributed by atoms with Crippen molar-refractivity contribution >= 4 is 29.1 Å². The lowest BCUT2D eigenvalue weighted by Crippen LogP contribution is -2.64. The number of carbonyl (C=O) groups is 2. The van der Waals surface area contributed by atoms with Crippen molar-refractivity contribution < 1.29 is 9.59 Å². The number of hydrogen-bond acceptors (Lipinski definition) is 3. The number of carbonyl (C=O) groups excluding carboxylic acids is 2. The van der Waals surface area contributed by atoms with E-state index in [1.165, 1.54) is 0 Å². The smallest absolute Gasteiger partial charge is 0.241 e. The molecule has 2 N–H and O–H groups in total. The van der Waals surface area contributed by atoms with Gasteiger partial charge in [-0.15, -0.1) is 0 Å². The summed E-state index contributed by atoms with van der Waals surface area (Å²) in [6.07, 6.45) is 2.23. The zero-order chi connectivity index (χ0) is 8.77. The third-order valence-corrected chi connectivity index (χ3v) is 2.73. The average molecular weight is 184 g/mol. The molecule has 1 aliphatic carbocycles. The molecule has 2 amide bonds. The molecular weight excluding hydrogens is 176 g/mol. The predicted octanol–water partition coefficient (Wildman–Crippen LogP) is -0.312. The standard InChI is InChI=1S/C7H8N2O2S/c10-4-7(2-1-3-7)5(11)9-6(12)8-4/h1-3H2,(H2,8,9,10,11,12). The van der Waals surface area contributed by atoms with Gasteiger partial charge in [0, 0.05) is 0 Å². The van der Waals surface area contributed by atoms with Crippen LogP contribution in [-0.4, -0.2) is 16.9 Å². The van der Waals surface area contributed by atoms with Crippen molar-refractivity contribution in [3.8, 4) is 0 Å². The average Bonchev–Trinajstić information content (AvgIpc) is 1.80. The summed E-state index contributed by atoms with van der Waals surface area (Å²) in [5, 5.41) is 5.05. The SMILES string of the molecule is O=C1NC(=S)NC(=O)C12CCC2. The molecule has 0 bridgehead atoms. The maximum Gasteiger partial charge on any atom is 0.241 e. The topological polar surface area (TPSA) is 58.2 Å². The first kappa shape index (κ1) is 7.67. The van der Waals surface area contributed by atoms with Crippen LogP contribution in [0, 0.1) is 5.41 Å². The fourth-order valence-corrected chi connectivity index (χ4v) is 1.75. The van der Waals surface area contributed by atoms with Gasteiger partial charge in [-0.3, -0.25) is 9.59 Å². The fourth-order valence-electron chi connectivity index (χ4n) is 1.56. The molecule has 12 heavy (non-hydrogen) atoms. The van der Waals surface area contributed by atoms with E-state index in [-0.39, 0.29) is 16.9 Å². The van der Waals surface area contributed by atoms with Gasteiger partial charge in [0.2, 0.25) is 11.8 Å². The Morgan fingerprint density at radius 3 is 2.00 bits per heavy atom. The van der Waals surface area contributed by atoms with Gasteiger partial charge in [-0.2, -0.15) is 0 Å². The Morgan fingerprint density at radius 2 is 1.67 bits per heavy atom. The van der Waals surface area contributed by atoms with Crippen molar-refractivity contribution in [1.29, 1.82) is 0 Å². The summed E-state index contributed by atoms with van der Waals surface area (Å²) in [6.45, 7) is 0. The van der Waals surface area contributed by atoms with Gasteiger partial charge in [-0.05, 0) is 25.1 Å². The Bertz CT molecular complexity index is 261. The molecule has 1 spiro atoms. The molecule has 2 fully saturated rings. The maximum atomic E-state index is 11.4. The minimum absolute atomic E-state index is 0.127. The van der Waals surface area contributed by atoms with Gasteiger partial charge >= 0.3 is 0 Å². The highest BCUT2D eigenvalue weighted by atomic mass is 32.1. The summed E-state index contributed by atoms with van der Waals surface area (Å²) >= 11 is 4.67. The molecule has 4 nitrogen and oxygen atoms in total. The molecule has 1 aliphatic heterocycles. The molecule has 0 aromatic carbocycles. The third-order valence-electron chi connectivity index (χ3n) is 2.53. The molecule has 2 rings (SSSR count). The lowest BCUT2D eigenvalue weighted by atomic mass is 9.67. The predicted molar refractivity (Wildman–Crippen MR) is 45.2 cm³/mol. The maximum absolute atomic E-state index is 11.4. The van der Waals surface area contributed by atoms with E-state index in [1.807, 2.05) is 0 Å². The summed E-state index contributed by atoms with van der Waals surface area (Å²) in [4.78, 5) is 22.7. The number of nitrogens with one attached hydrogen (secondary N) is 2. The van der Waals surface area contributed by atoms with Crippen LogP contribution in [0.25, 0.3) is 0 Å². The van der Waals surface area contributed by atoms with Crippen LogP contribution in [0.4, 0.5) is 0 Å². The van der Waals surface area contributed by atoms with Crippen LogP contribution >= 0.6 is 12.2 Å². The van der Waals surface area contributed by atoms with E-state index in [4.69, 9.17) is 0 Å². The van der Waals surface area contributed by atoms with Gasteiger partial charge in [0.05, 0.1) is 0 Å². The highest BCUT2D eigenvalue weighted by Gasteiger charge is 2.53. The monoisotopic (exact) mass is 184 g/mol. The van der Waals surface area contributed by atoms with Crippen LogP contribution in [0.2, 0.25) is 0 Å². The zero-order valence-corrected chi connectivity index (χ0v) is 7.16. The van der Waals surface area contributed by atoms with Crippen molar-refractivity contribution in [2.75, 3.05) is 0 Å². The summed E-state index contributed by atoms with van der Waals surface area (Å²) < 4.78 is 0. The van der Waals surface area contributed by atoms with Gasteiger partial charge in [0.1, 0.15) is 5.41 Å². The molecule has 64 valence electrons. The molecule has 2 aliphatic rings. The second-order valence-corrected chi connectivity index (χ2v) is 3.58. The zero-order valence-electron chi connectivity index (χ0n) is 6.35. The molecule has 0 aromatic rings. The quantitative estimate of drug-likeness (QED) is 0.401. The van der Waals surface area contributed by atoms with Gasteiger partial charge in [0.15, 0.2) is 5.11 Å². The Morgan fingerprint density at radius 1 is 1.17 bits per heavy atom. The largest absolute Gasteiger partial charge is 0.302 e. The van der Waals surface area contributed by atoms with E-state index in [9.17, 15) is 9.59 Å². The minimum atomic E-state index is -0.789. The van der Waals surface area contributed by atoms with Crippen LogP contribution in [0.5, 0.6) is 0 Å². The minimum Gasteiger partial charge on any atom is -0.302 e. The number of thiocarbonyl (C=S) groups is 1. The van der Waals surface area contributed by atoms with Gasteiger partial charge in [0.25, 0.3) is 0 Å². The second kappa shape index (κ2) is 2.26. The first-order valence-electron chi connectivity index (χ1n) is 3.82. The second-order valence-electron chi connectivity index (χ2n) is 3.17. The molecule has 5 heteroatoms. The van der Waals surface area contributed by atoms with Crippen molar-refractivity contribution in [3.63, 3.8) is 0 Å². The van der Waals surface area contributed by atoms with Crippen LogP contribution < -0.4 is 10.6 Å². The van der Waals surface area contributed by atoms with E-state index in [0.717, 1.165) is 6.42 Å². The molecule has 1 saturated heterocycles. The van der Waals surface area contributed by atoms with Crippen molar-refractivity contribution in [2.24, 2.45) is 5.41 Å². The highest BCUT2D eigenvalue weighted by molar-refractivity contribution is 7.80. The van der Waals surface area contributed by atoms with Crippen LogP contribution in [-0.2, 0) is 9.59 Å². The Hall–Kier alpha value is -0.970. The number of amides is 2. The Labute approximate surface area is 74.7 Å². The van der Waals surface area contributed by atoms with Crippen molar-refractivity contribution in [3.05, 3.63) is 0 Å². The normalized spacial score (nSPS) is 26.2. The van der Waals surface area contributed by atoms with Gasteiger partial charge in [-0.1, -0.05) is 6.42 Å². The molecular formula is C7H8N2O2S. The fraction of sp³-hybridized carbons (Fsp3) is 0.571. The molecule has 0 aromatic heterocycles. The molecule has 1 heterocycles. The lowest BCUT2D eigenvalue weighted by Gasteiger charge is -2.41. The highest BCUT2D eigenvalue weighted by Crippen LogP contribution is 2.42. The summed E-state index contributed by atoms with van der Waals surface area (Å²) in [5.41, 5.74) is -0.789. The lowest BCUT2D eigenvalue weighted by molar-refractivity contribution is -0.149. The first-order valence-corrected chi connectivity index (χ1v) is 4.23. The summed E-state index contributed by atoms with van der Waals surface area (Å²) in [7, 11) is 0. The van der Waals surface area contributed by atoms with Crippen LogP contribution in [0.1, 0.15) is 19.3 Å². The Balaban J connectivity index is 2.28. The number of hydrogen-bond donors (Lipinski definition) is 2. The van der Waals surface area contributed by atoms with Crippen molar-refractivity contribution in [2.45, 2.75) is 19.3 Å². The van der Waals surface area contributed by atoms with Crippen molar-refractivity contribution in [1.82, 2.24) is 10.6 Å². The molecule has 0 atom stereocenters. The van der Waals surface area contributed by atoms with E-state index in [1.54, 1.807) is 0 Å². The van der Waals surface area contributed by atoms with Crippen LogP contribution in [0.15, 0.2) is 0 Å². The van der Waals surface area contributed by atoms with Crippen LogP contribution in [0.3, 0.4) is 0 Å². The van der Waals surface area contributed by atoms with Gasteiger partial charge in [-0.25, -0.2) is 0 Å². The Kier molecular flexibility index (Phi) is 1.44. The molecule has 0 radical (unpaired) electrons. The van der Waals surface area contributed by atoms with E-state index < -0.39 is 5.41 Å². The summed E-state index contributed by atoms with van der Waals surface area (Å²) in [6, 6.07) is 0. The van der Waals surface area contributed by atoms with E-state index in [0.29, 0.717) is 12.8 Å². The summed E-state index contributed by atoms with van der Waals surface area (Å²) in [5.74, 6) is -0.468. The van der Waals surface area contributed by atoms with Gasteiger partial charge < -0.3 is 10.6 Å². The first-order chi connectivity index (χ1) is 5.65. The number of rotatable bonds is 0. The van der Waals surface area contributed by atoms with E-state index >= 15 is 0 Å². The third kappa shape index (κ3) is 0.797.